The fourth-order valence-electron chi connectivity index (χ4n) is 2.69. The van der Waals surface area contributed by atoms with Crippen LogP contribution < -0.4 is 10.2 Å². The summed E-state index contributed by atoms with van der Waals surface area (Å²) in [6, 6.07) is 17.2. The van der Waals surface area contributed by atoms with Gasteiger partial charge in [0.1, 0.15) is 0 Å². The number of aromatic nitrogens is 2. The number of rotatable bonds is 4. The number of aryl methyl sites for hydroxylation is 2. The fourth-order valence-corrected chi connectivity index (χ4v) is 2.69. The van der Waals surface area contributed by atoms with Crippen molar-refractivity contribution in [2.75, 3.05) is 24.3 Å². The smallest absolute Gasteiger partial charge is 0.255 e. The zero-order chi connectivity index (χ0) is 18.0. The maximum atomic E-state index is 12.4. The predicted octanol–water partition coefficient (Wildman–Crippen LogP) is 3.81. The van der Waals surface area contributed by atoms with Crippen molar-refractivity contribution in [3.63, 3.8) is 0 Å². The summed E-state index contributed by atoms with van der Waals surface area (Å²) in [6.45, 7) is 3.98. The molecule has 0 atom stereocenters. The molecule has 0 bridgehead atoms. The van der Waals surface area contributed by atoms with Crippen molar-refractivity contribution in [3.8, 4) is 5.69 Å². The van der Waals surface area contributed by atoms with E-state index in [1.165, 1.54) is 0 Å². The highest BCUT2D eigenvalue weighted by Gasteiger charge is 2.08. The zero-order valence-electron chi connectivity index (χ0n) is 14.9. The van der Waals surface area contributed by atoms with Crippen LogP contribution in [0.2, 0.25) is 0 Å². The molecule has 1 amide bonds. The largest absolute Gasteiger partial charge is 0.378 e. The Hall–Kier alpha value is -3.08. The molecule has 1 N–H and O–H groups in total. The lowest BCUT2D eigenvalue weighted by molar-refractivity contribution is 0.102. The molecule has 0 aliphatic heterocycles. The van der Waals surface area contributed by atoms with E-state index in [0.29, 0.717) is 5.56 Å². The summed E-state index contributed by atoms with van der Waals surface area (Å²) in [5.41, 5.74) is 5.46. The van der Waals surface area contributed by atoms with Gasteiger partial charge in [-0.3, -0.25) is 4.79 Å². The molecule has 0 aliphatic carbocycles. The molecule has 3 aromatic rings. The zero-order valence-corrected chi connectivity index (χ0v) is 14.9. The molecule has 0 aliphatic rings. The van der Waals surface area contributed by atoms with Gasteiger partial charge in [0.2, 0.25) is 0 Å². The van der Waals surface area contributed by atoms with Gasteiger partial charge in [-0.15, -0.1) is 0 Å². The second kappa shape index (κ2) is 6.81. The highest BCUT2D eigenvalue weighted by molar-refractivity contribution is 6.04. The Morgan fingerprint density at radius 2 is 1.64 bits per heavy atom. The van der Waals surface area contributed by atoms with Crippen molar-refractivity contribution < 1.29 is 4.79 Å². The Morgan fingerprint density at radius 3 is 2.16 bits per heavy atom. The lowest BCUT2D eigenvalue weighted by atomic mass is 10.2. The Morgan fingerprint density at radius 1 is 1.00 bits per heavy atom. The maximum Gasteiger partial charge on any atom is 0.255 e. The van der Waals surface area contributed by atoms with E-state index in [9.17, 15) is 4.79 Å². The highest BCUT2D eigenvalue weighted by atomic mass is 16.1. The SMILES string of the molecule is Cc1cc(C)n(-c2ccc(C(=O)Nc3ccc(N(C)C)cc3)cc2)n1. The number of nitrogens with zero attached hydrogens (tertiary/aromatic N) is 3. The van der Waals surface area contributed by atoms with E-state index in [0.717, 1.165) is 28.5 Å². The van der Waals surface area contributed by atoms with Crippen molar-refractivity contribution in [2.45, 2.75) is 13.8 Å². The molecule has 0 spiro atoms. The van der Waals surface area contributed by atoms with E-state index in [1.54, 1.807) is 0 Å². The number of carbonyl (C=O) groups excluding carboxylic acids is 1. The van der Waals surface area contributed by atoms with Crippen LogP contribution in [-0.4, -0.2) is 29.8 Å². The Kier molecular flexibility index (Phi) is 4.57. The van der Waals surface area contributed by atoms with E-state index >= 15 is 0 Å². The maximum absolute atomic E-state index is 12.4. The molecule has 25 heavy (non-hydrogen) atoms. The van der Waals surface area contributed by atoms with Gasteiger partial charge in [0.15, 0.2) is 0 Å². The minimum absolute atomic E-state index is 0.127. The number of nitrogens with one attached hydrogen (secondary N) is 1. The summed E-state index contributed by atoms with van der Waals surface area (Å²) in [5, 5.41) is 7.38. The monoisotopic (exact) mass is 334 g/mol. The van der Waals surface area contributed by atoms with Crippen LogP contribution in [0.4, 0.5) is 11.4 Å². The highest BCUT2D eigenvalue weighted by Crippen LogP contribution is 2.17. The quantitative estimate of drug-likeness (QED) is 0.789. The Labute approximate surface area is 147 Å². The number of hydrogen-bond acceptors (Lipinski definition) is 3. The van der Waals surface area contributed by atoms with Crippen molar-refractivity contribution in [3.05, 3.63) is 71.5 Å². The molecule has 0 radical (unpaired) electrons. The summed E-state index contributed by atoms with van der Waals surface area (Å²) in [6.07, 6.45) is 0. The third-order valence-electron chi connectivity index (χ3n) is 4.03. The van der Waals surface area contributed by atoms with Crippen molar-refractivity contribution in [1.82, 2.24) is 9.78 Å². The van der Waals surface area contributed by atoms with E-state index in [-0.39, 0.29) is 5.91 Å². The molecule has 3 rings (SSSR count). The number of hydrogen-bond donors (Lipinski definition) is 1. The molecule has 0 saturated carbocycles. The van der Waals surface area contributed by atoms with Crippen LogP contribution >= 0.6 is 0 Å². The minimum Gasteiger partial charge on any atom is -0.378 e. The molecule has 1 aromatic heterocycles. The van der Waals surface area contributed by atoms with Gasteiger partial charge in [0.05, 0.1) is 11.4 Å². The number of benzene rings is 2. The number of amides is 1. The van der Waals surface area contributed by atoms with Crippen LogP contribution in [0.15, 0.2) is 54.6 Å². The van der Waals surface area contributed by atoms with Crippen LogP contribution in [0.3, 0.4) is 0 Å². The summed E-state index contributed by atoms with van der Waals surface area (Å²) in [7, 11) is 3.97. The van der Waals surface area contributed by atoms with Gasteiger partial charge in [-0.25, -0.2) is 4.68 Å². The van der Waals surface area contributed by atoms with Crippen LogP contribution in [0.1, 0.15) is 21.7 Å². The third-order valence-corrected chi connectivity index (χ3v) is 4.03. The normalized spacial score (nSPS) is 10.6. The molecular formula is C20H22N4O. The predicted molar refractivity (Wildman–Crippen MR) is 102 cm³/mol. The summed E-state index contributed by atoms with van der Waals surface area (Å²) >= 11 is 0. The van der Waals surface area contributed by atoms with Crippen LogP contribution in [0.5, 0.6) is 0 Å². The average Bonchev–Trinajstić information content (AvgIpc) is 2.94. The Balaban J connectivity index is 1.73. The molecule has 2 aromatic carbocycles. The summed E-state index contributed by atoms with van der Waals surface area (Å²) in [5.74, 6) is -0.127. The van der Waals surface area contributed by atoms with Gasteiger partial charge in [-0.1, -0.05) is 0 Å². The van der Waals surface area contributed by atoms with E-state index in [2.05, 4.69) is 10.4 Å². The second-order valence-corrected chi connectivity index (χ2v) is 6.28. The molecular weight excluding hydrogens is 312 g/mol. The van der Waals surface area contributed by atoms with Crippen molar-refractivity contribution >= 4 is 17.3 Å². The topological polar surface area (TPSA) is 50.2 Å². The number of carbonyl (C=O) groups is 1. The molecule has 5 nitrogen and oxygen atoms in total. The lowest BCUT2D eigenvalue weighted by Crippen LogP contribution is -2.13. The van der Waals surface area contributed by atoms with E-state index in [4.69, 9.17) is 0 Å². The fraction of sp³-hybridized carbons (Fsp3) is 0.200. The molecule has 5 heteroatoms. The van der Waals surface area contributed by atoms with Gasteiger partial charge in [-0.05, 0) is 68.4 Å². The van der Waals surface area contributed by atoms with Gasteiger partial charge >= 0.3 is 0 Å². The van der Waals surface area contributed by atoms with Gasteiger partial charge in [-0.2, -0.15) is 5.10 Å². The molecule has 128 valence electrons. The molecule has 0 fully saturated rings. The van der Waals surface area contributed by atoms with Crippen LogP contribution in [-0.2, 0) is 0 Å². The lowest BCUT2D eigenvalue weighted by Gasteiger charge is -2.13. The first-order valence-corrected chi connectivity index (χ1v) is 8.16. The first-order chi connectivity index (χ1) is 11.9. The van der Waals surface area contributed by atoms with Gasteiger partial charge in [0, 0.05) is 36.7 Å². The second-order valence-electron chi connectivity index (χ2n) is 6.28. The van der Waals surface area contributed by atoms with E-state index in [1.807, 2.05) is 92.1 Å². The Bertz CT molecular complexity index is 877. The average molecular weight is 334 g/mol. The van der Waals surface area contributed by atoms with Gasteiger partial charge < -0.3 is 10.2 Å². The summed E-state index contributed by atoms with van der Waals surface area (Å²) < 4.78 is 1.87. The molecule has 0 unspecified atom stereocenters. The van der Waals surface area contributed by atoms with Crippen LogP contribution in [0, 0.1) is 13.8 Å². The molecule has 1 heterocycles. The van der Waals surface area contributed by atoms with Gasteiger partial charge in [0.25, 0.3) is 5.91 Å². The number of anilines is 2. The van der Waals surface area contributed by atoms with Crippen LogP contribution in [0.25, 0.3) is 5.69 Å². The minimum atomic E-state index is -0.127. The van der Waals surface area contributed by atoms with E-state index < -0.39 is 0 Å². The summed E-state index contributed by atoms with van der Waals surface area (Å²) in [4.78, 5) is 14.4. The van der Waals surface area contributed by atoms with Crippen molar-refractivity contribution in [1.29, 1.82) is 0 Å². The first-order valence-electron chi connectivity index (χ1n) is 8.16. The van der Waals surface area contributed by atoms with Crippen molar-refractivity contribution in [2.24, 2.45) is 0 Å². The first kappa shape index (κ1) is 16.8. The standard InChI is InChI=1S/C20H22N4O/c1-14-13-15(2)24(22-14)19-9-5-16(6-10-19)20(25)21-17-7-11-18(12-8-17)23(3)4/h5-13H,1-4H3,(H,21,25). The third kappa shape index (κ3) is 3.71. The molecule has 0 saturated heterocycles.